The Labute approximate surface area is 122 Å². The zero-order valence-corrected chi connectivity index (χ0v) is 12.2. The van der Waals surface area contributed by atoms with E-state index in [9.17, 15) is 9.18 Å². The van der Waals surface area contributed by atoms with E-state index in [2.05, 4.69) is 0 Å². The van der Waals surface area contributed by atoms with Gasteiger partial charge in [0.15, 0.2) is 0 Å². The highest BCUT2D eigenvalue weighted by molar-refractivity contribution is 5.95. The molecule has 2 aromatic rings. The molecule has 0 unspecified atom stereocenters. The first-order valence-electron chi connectivity index (χ1n) is 6.43. The number of hydrogen-bond donors (Lipinski definition) is 1. The molecule has 110 valence electrons. The SMILES string of the molecule is Cc1ccc(Oc2ccc(C(=O)N(C)C)cc2N)cc1F. The molecule has 5 heteroatoms. The van der Waals surface area contributed by atoms with Gasteiger partial charge in [0.1, 0.15) is 17.3 Å². The normalized spacial score (nSPS) is 10.3. The van der Waals surface area contributed by atoms with E-state index in [4.69, 9.17) is 10.5 Å². The van der Waals surface area contributed by atoms with Crippen LogP contribution in [-0.2, 0) is 0 Å². The van der Waals surface area contributed by atoms with Crippen LogP contribution in [0.3, 0.4) is 0 Å². The van der Waals surface area contributed by atoms with Gasteiger partial charge < -0.3 is 15.4 Å². The maximum absolute atomic E-state index is 13.5. The van der Waals surface area contributed by atoms with E-state index >= 15 is 0 Å². The number of aryl methyl sites for hydroxylation is 1. The minimum absolute atomic E-state index is 0.144. The molecule has 0 bridgehead atoms. The van der Waals surface area contributed by atoms with Gasteiger partial charge in [-0.1, -0.05) is 6.07 Å². The predicted molar refractivity (Wildman–Crippen MR) is 80.1 cm³/mol. The van der Waals surface area contributed by atoms with Crippen molar-refractivity contribution in [2.75, 3.05) is 19.8 Å². The van der Waals surface area contributed by atoms with Crippen molar-refractivity contribution in [1.82, 2.24) is 4.90 Å². The van der Waals surface area contributed by atoms with E-state index in [0.29, 0.717) is 28.3 Å². The summed E-state index contributed by atoms with van der Waals surface area (Å²) in [5, 5.41) is 0. The number of hydrogen-bond acceptors (Lipinski definition) is 3. The fourth-order valence-electron chi connectivity index (χ4n) is 1.80. The Balaban J connectivity index is 2.25. The number of nitrogen functional groups attached to an aromatic ring is 1. The van der Waals surface area contributed by atoms with Crippen LogP contribution in [0.4, 0.5) is 10.1 Å². The summed E-state index contributed by atoms with van der Waals surface area (Å²) in [6.45, 7) is 1.68. The van der Waals surface area contributed by atoms with Crippen LogP contribution < -0.4 is 10.5 Å². The fraction of sp³-hybridized carbons (Fsp3) is 0.188. The first-order chi connectivity index (χ1) is 9.88. The molecule has 2 N–H and O–H groups in total. The number of carbonyl (C=O) groups excluding carboxylic acids is 1. The molecule has 0 aliphatic carbocycles. The third-order valence-electron chi connectivity index (χ3n) is 3.03. The van der Waals surface area contributed by atoms with Gasteiger partial charge in [-0.05, 0) is 36.8 Å². The minimum atomic E-state index is -0.342. The maximum atomic E-state index is 13.5. The molecule has 0 saturated heterocycles. The highest BCUT2D eigenvalue weighted by Crippen LogP contribution is 2.29. The topological polar surface area (TPSA) is 55.6 Å². The zero-order valence-electron chi connectivity index (χ0n) is 12.2. The van der Waals surface area contributed by atoms with Crippen LogP contribution in [0, 0.1) is 12.7 Å². The summed E-state index contributed by atoms with van der Waals surface area (Å²) < 4.78 is 19.0. The van der Waals surface area contributed by atoms with Crippen molar-refractivity contribution in [3.8, 4) is 11.5 Å². The number of nitrogens with two attached hydrogens (primary N) is 1. The Morgan fingerprint density at radius 3 is 2.48 bits per heavy atom. The number of halogens is 1. The highest BCUT2D eigenvalue weighted by atomic mass is 19.1. The van der Waals surface area contributed by atoms with Gasteiger partial charge in [0, 0.05) is 25.7 Å². The number of ether oxygens (including phenoxy) is 1. The van der Waals surface area contributed by atoms with E-state index in [1.165, 1.54) is 11.0 Å². The summed E-state index contributed by atoms with van der Waals surface area (Å²) in [6, 6.07) is 9.36. The first kappa shape index (κ1) is 14.8. The zero-order chi connectivity index (χ0) is 15.6. The average Bonchev–Trinajstić information content (AvgIpc) is 2.44. The van der Waals surface area contributed by atoms with Gasteiger partial charge in [-0.2, -0.15) is 0 Å². The van der Waals surface area contributed by atoms with Gasteiger partial charge in [0.2, 0.25) is 0 Å². The molecule has 0 fully saturated rings. The Bertz CT molecular complexity index is 684. The Morgan fingerprint density at radius 1 is 1.19 bits per heavy atom. The van der Waals surface area contributed by atoms with Gasteiger partial charge in [-0.25, -0.2) is 4.39 Å². The summed E-state index contributed by atoms with van der Waals surface area (Å²) in [5.41, 5.74) is 7.22. The van der Waals surface area contributed by atoms with Crippen LogP contribution in [0.1, 0.15) is 15.9 Å². The van der Waals surface area contributed by atoms with Crippen LogP contribution in [0.2, 0.25) is 0 Å². The predicted octanol–water partition coefficient (Wildman–Crippen LogP) is 3.21. The van der Waals surface area contributed by atoms with E-state index in [1.807, 2.05) is 0 Å². The quantitative estimate of drug-likeness (QED) is 0.882. The second-order valence-corrected chi connectivity index (χ2v) is 4.97. The molecule has 2 aromatic carbocycles. The fourth-order valence-corrected chi connectivity index (χ4v) is 1.80. The summed E-state index contributed by atoms with van der Waals surface area (Å²) in [6.07, 6.45) is 0. The molecule has 0 aliphatic rings. The van der Waals surface area contributed by atoms with Crippen molar-refractivity contribution in [2.24, 2.45) is 0 Å². The molecule has 0 aromatic heterocycles. The molecular weight excluding hydrogens is 271 g/mol. The van der Waals surface area contributed by atoms with Crippen LogP contribution in [0.5, 0.6) is 11.5 Å². The molecular formula is C16H17FN2O2. The van der Waals surface area contributed by atoms with Crippen molar-refractivity contribution in [2.45, 2.75) is 6.92 Å². The van der Waals surface area contributed by atoms with Crippen LogP contribution in [0.25, 0.3) is 0 Å². The van der Waals surface area contributed by atoms with E-state index in [1.54, 1.807) is 51.4 Å². The summed E-state index contributed by atoms with van der Waals surface area (Å²) in [7, 11) is 3.33. The molecule has 2 rings (SSSR count). The van der Waals surface area contributed by atoms with Gasteiger partial charge in [-0.3, -0.25) is 4.79 Å². The van der Waals surface area contributed by atoms with Crippen LogP contribution in [-0.4, -0.2) is 24.9 Å². The average molecular weight is 288 g/mol. The monoisotopic (exact) mass is 288 g/mol. The highest BCUT2D eigenvalue weighted by Gasteiger charge is 2.11. The number of carbonyl (C=O) groups is 1. The summed E-state index contributed by atoms with van der Waals surface area (Å²) in [4.78, 5) is 13.3. The van der Waals surface area contributed by atoms with Gasteiger partial charge >= 0.3 is 0 Å². The largest absolute Gasteiger partial charge is 0.455 e. The molecule has 0 aliphatic heterocycles. The van der Waals surface area contributed by atoms with Gasteiger partial charge in [0.05, 0.1) is 5.69 Å². The third kappa shape index (κ3) is 3.31. The van der Waals surface area contributed by atoms with Crippen molar-refractivity contribution < 1.29 is 13.9 Å². The van der Waals surface area contributed by atoms with Crippen LogP contribution in [0.15, 0.2) is 36.4 Å². The number of benzene rings is 2. The van der Waals surface area contributed by atoms with Crippen molar-refractivity contribution in [1.29, 1.82) is 0 Å². The van der Waals surface area contributed by atoms with E-state index in [-0.39, 0.29) is 11.7 Å². The summed E-state index contributed by atoms with van der Waals surface area (Å²) in [5.74, 6) is 0.255. The Morgan fingerprint density at radius 2 is 1.90 bits per heavy atom. The lowest BCUT2D eigenvalue weighted by Gasteiger charge is -2.13. The molecule has 21 heavy (non-hydrogen) atoms. The molecule has 0 atom stereocenters. The number of amides is 1. The Hall–Kier alpha value is -2.56. The molecule has 0 saturated carbocycles. The lowest BCUT2D eigenvalue weighted by molar-refractivity contribution is 0.0827. The lowest BCUT2D eigenvalue weighted by Crippen LogP contribution is -2.21. The molecule has 0 heterocycles. The third-order valence-corrected chi connectivity index (χ3v) is 3.03. The molecule has 0 radical (unpaired) electrons. The van der Waals surface area contributed by atoms with Gasteiger partial charge in [-0.15, -0.1) is 0 Å². The molecule has 4 nitrogen and oxygen atoms in total. The number of rotatable bonds is 3. The van der Waals surface area contributed by atoms with E-state index in [0.717, 1.165) is 0 Å². The van der Waals surface area contributed by atoms with Crippen LogP contribution >= 0.6 is 0 Å². The lowest BCUT2D eigenvalue weighted by atomic mass is 10.1. The first-order valence-corrected chi connectivity index (χ1v) is 6.43. The van der Waals surface area contributed by atoms with E-state index < -0.39 is 0 Å². The minimum Gasteiger partial charge on any atom is -0.455 e. The Kier molecular flexibility index (Phi) is 4.12. The molecule has 1 amide bonds. The van der Waals surface area contributed by atoms with Crippen molar-refractivity contribution in [3.63, 3.8) is 0 Å². The standard InChI is InChI=1S/C16H17FN2O2/c1-10-4-6-12(9-13(10)17)21-15-7-5-11(8-14(15)18)16(20)19(2)3/h4-9H,18H2,1-3H3. The summed E-state index contributed by atoms with van der Waals surface area (Å²) >= 11 is 0. The number of anilines is 1. The second-order valence-electron chi connectivity index (χ2n) is 4.97. The number of nitrogens with zero attached hydrogens (tertiary/aromatic N) is 1. The van der Waals surface area contributed by atoms with Gasteiger partial charge in [0.25, 0.3) is 5.91 Å². The van der Waals surface area contributed by atoms with Crippen molar-refractivity contribution >= 4 is 11.6 Å². The second kappa shape index (κ2) is 5.83. The molecule has 0 spiro atoms. The smallest absolute Gasteiger partial charge is 0.253 e. The van der Waals surface area contributed by atoms with Crippen molar-refractivity contribution in [3.05, 3.63) is 53.3 Å². The maximum Gasteiger partial charge on any atom is 0.253 e.